The molecular weight excluding hydrogens is 297 g/mol. The highest BCUT2D eigenvalue weighted by Gasteiger charge is 2.17. The molecule has 0 unspecified atom stereocenters. The van der Waals surface area contributed by atoms with Crippen molar-refractivity contribution in [2.75, 3.05) is 0 Å². The lowest BCUT2D eigenvalue weighted by Gasteiger charge is -2.04. The van der Waals surface area contributed by atoms with Gasteiger partial charge < -0.3 is 5.11 Å². The van der Waals surface area contributed by atoms with Gasteiger partial charge in [-0.05, 0) is 24.3 Å². The van der Waals surface area contributed by atoms with E-state index in [1.54, 1.807) is 12.1 Å². The van der Waals surface area contributed by atoms with E-state index in [9.17, 15) is 19.3 Å². The summed E-state index contributed by atoms with van der Waals surface area (Å²) in [5.41, 5.74) is -0.147. The molecule has 0 atom stereocenters. The van der Waals surface area contributed by atoms with Gasteiger partial charge in [0.15, 0.2) is 0 Å². The highest BCUT2D eigenvalue weighted by molar-refractivity contribution is 7.98. The summed E-state index contributed by atoms with van der Waals surface area (Å²) < 4.78 is 13.9. The summed E-state index contributed by atoms with van der Waals surface area (Å²) >= 11 is 1.27. The molecule has 0 aliphatic heterocycles. The highest BCUT2D eigenvalue weighted by atomic mass is 32.2. The summed E-state index contributed by atoms with van der Waals surface area (Å²) in [6, 6.07) is 10.2. The standard InChI is InChI=1S/C14H10FNO4S/c15-13-10(2-1-3-12(13)16(19)20)8-21-11-6-4-9(5-7-11)14(17)18/h1-7H,8H2,(H,17,18). The zero-order valence-electron chi connectivity index (χ0n) is 10.7. The molecule has 0 bridgehead atoms. The average molecular weight is 307 g/mol. The van der Waals surface area contributed by atoms with Crippen molar-refractivity contribution in [3.05, 3.63) is 69.5 Å². The Kier molecular flexibility index (Phi) is 4.54. The fraction of sp³-hybridized carbons (Fsp3) is 0.0714. The van der Waals surface area contributed by atoms with Crippen molar-refractivity contribution in [3.8, 4) is 0 Å². The molecule has 2 aromatic carbocycles. The van der Waals surface area contributed by atoms with Crippen LogP contribution >= 0.6 is 11.8 Å². The first-order valence-corrected chi connectivity index (χ1v) is 6.85. The lowest BCUT2D eigenvalue weighted by molar-refractivity contribution is -0.387. The molecule has 108 valence electrons. The number of carbonyl (C=O) groups is 1. The van der Waals surface area contributed by atoms with Crippen molar-refractivity contribution in [1.82, 2.24) is 0 Å². The quantitative estimate of drug-likeness (QED) is 0.517. The van der Waals surface area contributed by atoms with Crippen molar-refractivity contribution >= 4 is 23.4 Å². The number of nitro benzene ring substituents is 1. The fourth-order valence-corrected chi connectivity index (χ4v) is 2.55. The van der Waals surface area contributed by atoms with E-state index in [0.29, 0.717) is 0 Å². The van der Waals surface area contributed by atoms with Crippen molar-refractivity contribution < 1.29 is 19.2 Å². The molecule has 0 spiro atoms. The minimum atomic E-state index is -1.02. The Morgan fingerprint density at radius 2 is 1.90 bits per heavy atom. The van der Waals surface area contributed by atoms with Gasteiger partial charge in [0, 0.05) is 22.3 Å². The maximum Gasteiger partial charge on any atom is 0.335 e. The Labute approximate surface area is 123 Å². The molecule has 2 rings (SSSR count). The van der Waals surface area contributed by atoms with Gasteiger partial charge in [-0.3, -0.25) is 10.1 Å². The molecule has 0 heterocycles. The van der Waals surface area contributed by atoms with Gasteiger partial charge in [0.05, 0.1) is 10.5 Å². The van der Waals surface area contributed by atoms with E-state index in [2.05, 4.69) is 0 Å². The Morgan fingerprint density at radius 1 is 1.24 bits per heavy atom. The monoisotopic (exact) mass is 307 g/mol. The average Bonchev–Trinajstić information content (AvgIpc) is 2.46. The van der Waals surface area contributed by atoms with Crippen molar-refractivity contribution in [1.29, 1.82) is 0 Å². The number of nitrogens with zero attached hydrogens (tertiary/aromatic N) is 1. The summed E-state index contributed by atoms with van der Waals surface area (Å²) in [5, 5.41) is 19.4. The predicted molar refractivity (Wildman–Crippen MR) is 76.0 cm³/mol. The summed E-state index contributed by atoms with van der Waals surface area (Å²) in [4.78, 5) is 21.4. The van der Waals surface area contributed by atoms with E-state index in [-0.39, 0.29) is 16.9 Å². The van der Waals surface area contributed by atoms with Crippen LogP contribution in [-0.2, 0) is 5.75 Å². The van der Waals surface area contributed by atoms with E-state index >= 15 is 0 Å². The van der Waals surface area contributed by atoms with Gasteiger partial charge in [-0.15, -0.1) is 11.8 Å². The number of benzene rings is 2. The van der Waals surface area contributed by atoms with Gasteiger partial charge in [-0.1, -0.05) is 12.1 Å². The van der Waals surface area contributed by atoms with Crippen LogP contribution < -0.4 is 0 Å². The molecule has 0 amide bonds. The maximum atomic E-state index is 13.9. The van der Waals surface area contributed by atoms with E-state index in [1.807, 2.05) is 0 Å². The molecule has 21 heavy (non-hydrogen) atoms. The second-order valence-corrected chi connectivity index (χ2v) is 5.17. The van der Waals surface area contributed by atoms with Crippen LogP contribution in [0.25, 0.3) is 0 Å². The largest absolute Gasteiger partial charge is 0.478 e. The first-order valence-electron chi connectivity index (χ1n) is 5.87. The summed E-state index contributed by atoms with van der Waals surface area (Å²) in [7, 11) is 0. The van der Waals surface area contributed by atoms with Crippen LogP contribution in [-0.4, -0.2) is 16.0 Å². The number of rotatable bonds is 5. The predicted octanol–water partition coefficient (Wildman–Crippen LogP) is 3.72. The maximum absolute atomic E-state index is 13.9. The Bertz CT molecular complexity index is 688. The van der Waals surface area contributed by atoms with Crippen LogP contribution in [0.5, 0.6) is 0 Å². The van der Waals surface area contributed by atoms with E-state index in [1.165, 1.54) is 36.0 Å². The second kappa shape index (κ2) is 6.36. The number of hydrogen-bond donors (Lipinski definition) is 1. The third-order valence-corrected chi connectivity index (χ3v) is 3.81. The number of carboxylic acid groups (broad SMARTS) is 1. The molecule has 2 aromatic rings. The van der Waals surface area contributed by atoms with Crippen LogP contribution in [0.4, 0.5) is 10.1 Å². The lowest BCUT2D eigenvalue weighted by Crippen LogP contribution is -1.96. The van der Waals surface area contributed by atoms with Crippen molar-refractivity contribution in [2.24, 2.45) is 0 Å². The molecular formula is C14H10FNO4S. The van der Waals surface area contributed by atoms with Gasteiger partial charge in [0.2, 0.25) is 5.82 Å². The van der Waals surface area contributed by atoms with Crippen LogP contribution in [0.3, 0.4) is 0 Å². The van der Waals surface area contributed by atoms with Crippen LogP contribution in [0.2, 0.25) is 0 Å². The summed E-state index contributed by atoms with van der Waals surface area (Å²) in [5.74, 6) is -1.63. The van der Waals surface area contributed by atoms with E-state index in [0.717, 1.165) is 11.0 Å². The zero-order valence-corrected chi connectivity index (χ0v) is 11.5. The number of hydrogen-bond acceptors (Lipinski definition) is 4. The third-order valence-electron chi connectivity index (χ3n) is 2.75. The number of halogens is 1. The third kappa shape index (κ3) is 3.57. The molecule has 7 heteroatoms. The zero-order chi connectivity index (χ0) is 15.4. The van der Waals surface area contributed by atoms with Crippen LogP contribution in [0, 0.1) is 15.9 Å². The minimum absolute atomic E-state index is 0.167. The molecule has 0 aromatic heterocycles. The van der Waals surface area contributed by atoms with Gasteiger partial charge in [-0.2, -0.15) is 4.39 Å². The van der Waals surface area contributed by atoms with Gasteiger partial charge in [0.1, 0.15) is 0 Å². The first kappa shape index (κ1) is 15.0. The summed E-state index contributed by atoms with van der Waals surface area (Å²) in [6.45, 7) is 0. The first-order chi connectivity index (χ1) is 9.99. The number of nitro groups is 1. The molecule has 0 saturated carbocycles. The number of thioether (sulfide) groups is 1. The summed E-state index contributed by atoms with van der Waals surface area (Å²) in [6.07, 6.45) is 0. The molecule has 0 aliphatic rings. The minimum Gasteiger partial charge on any atom is -0.478 e. The fourth-order valence-electron chi connectivity index (χ4n) is 1.67. The smallest absolute Gasteiger partial charge is 0.335 e. The molecule has 5 nitrogen and oxygen atoms in total. The van der Waals surface area contributed by atoms with E-state index < -0.39 is 22.4 Å². The Hall–Kier alpha value is -2.41. The normalized spacial score (nSPS) is 10.3. The lowest BCUT2D eigenvalue weighted by atomic mass is 10.2. The van der Waals surface area contributed by atoms with Crippen LogP contribution in [0.1, 0.15) is 15.9 Å². The Morgan fingerprint density at radius 3 is 2.48 bits per heavy atom. The van der Waals surface area contributed by atoms with E-state index in [4.69, 9.17) is 5.11 Å². The van der Waals surface area contributed by atoms with Gasteiger partial charge in [0.25, 0.3) is 0 Å². The van der Waals surface area contributed by atoms with Crippen LogP contribution in [0.15, 0.2) is 47.4 Å². The van der Waals surface area contributed by atoms with Crippen molar-refractivity contribution in [2.45, 2.75) is 10.6 Å². The Balaban J connectivity index is 2.11. The molecule has 0 aliphatic carbocycles. The second-order valence-electron chi connectivity index (χ2n) is 4.13. The molecule has 0 fully saturated rings. The highest BCUT2D eigenvalue weighted by Crippen LogP contribution is 2.27. The molecule has 0 radical (unpaired) electrons. The SMILES string of the molecule is O=C(O)c1ccc(SCc2cccc([N+](=O)[O-])c2F)cc1. The topological polar surface area (TPSA) is 80.4 Å². The molecule has 0 saturated heterocycles. The number of carboxylic acids is 1. The molecule has 1 N–H and O–H groups in total. The number of aromatic carboxylic acids is 1. The van der Waals surface area contributed by atoms with Crippen molar-refractivity contribution in [3.63, 3.8) is 0 Å². The van der Waals surface area contributed by atoms with Gasteiger partial charge in [-0.25, -0.2) is 4.79 Å². The van der Waals surface area contributed by atoms with Gasteiger partial charge >= 0.3 is 11.7 Å².